The van der Waals surface area contributed by atoms with E-state index in [-0.39, 0.29) is 6.04 Å². The van der Waals surface area contributed by atoms with Gasteiger partial charge in [-0.15, -0.1) is 11.8 Å². The summed E-state index contributed by atoms with van der Waals surface area (Å²) in [4.78, 5) is 0. The predicted molar refractivity (Wildman–Crippen MR) is 49.4 cm³/mol. The minimum atomic E-state index is -4.33. The SMILES string of the molecule is CSc1cc(C(F)(F)F)n(C(C)C)n1. The summed E-state index contributed by atoms with van der Waals surface area (Å²) < 4.78 is 38.5. The summed E-state index contributed by atoms with van der Waals surface area (Å²) in [6.45, 7) is 3.35. The predicted octanol–water partition coefficient (Wildman–Crippen LogP) is 3.20. The van der Waals surface area contributed by atoms with E-state index < -0.39 is 11.9 Å². The van der Waals surface area contributed by atoms with Gasteiger partial charge in [0, 0.05) is 12.1 Å². The van der Waals surface area contributed by atoms with Gasteiger partial charge < -0.3 is 0 Å². The van der Waals surface area contributed by atoms with Crippen molar-refractivity contribution in [2.24, 2.45) is 0 Å². The Morgan fingerprint density at radius 2 is 2.00 bits per heavy atom. The summed E-state index contributed by atoms with van der Waals surface area (Å²) in [5, 5.41) is 4.25. The molecule has 0 unspecified atom stereocenters. The van der Waals surface area contributed by atoms with Gasteiger partial charge in [0.05, 0.1) is 0 Å². The molecule has 14 heavy (non-hydrogen) atoms. The number of halogens is 3. The minimum absolute atomic E-state index is 0.285. The Morgan fingerprint density at radius 3 is 2.29 bits per heavy atom. The summed E-state index contributed by atoms with van der Waals surface area (Å²) >= 11 is 1.21. The third kappa shape index (κ3) is 2.23. The van der Waals surface area contributed by atoms with Crippen molar-refractivity contribution in [2.45, 2.75) is 31.1 Å². The van der Waals surface area contributed by atoms with Gasteiger partial charge in [0.1, 0.15) is 10.7 Å². The third-order valence-corrected chi connectivity index (χ3v) is 2.32. The maximum atomic E-state index is 12.5. The van der Waals surface area contributed by atoms with Gasteiger partial charge >= 0.3 is 6.18 Å². The van der Waals surface area contributed by atoms with Gasteiger partial charge in [0.15, 0.2) is 0 Å². The third-order valence-electron chi connectivity index (χ3n) is 1.70. The van der Waals surface area contributed by atoms with Crippen molar-refractivity contribution in [3.8, 4) is 0 Å². The van der Waals surface area contributed by atoms with Crippen molar-refractivity contribution in [3.63, 3.8) is 0 Å². The first kappa shape index (κ1) is 11.4. The van der Waals surface area contributed by atoms with E-state index in [4.69, 9.17) is 0 Å². The zero-order valence-corrected chi connectivity index (χ0v) is 8.91. The lowest BCUT2D eigenvalue weighted by atomic mass is 10.3. The second-order valence-electron chi connectivity index (χ2n) is 3.11. The molecule has 0 fully saturated rings. The van der Waals surface area contributed by atoms with E-state index in [0.29, 0.717) is 5.03 Å². The molecule has 1 aromatic rings. The Morgan fingerprint density at radius 1 is 1.43 bits per heavy atom. The topological polar surface area (TPSA) is 17.8 Å². The van der Waals surface area contributed by atoms with Crippen LogP contribution in [0, 0.1) is 0 Å². The first-order valence-electron chi connectivity index (χ1n) is 4.07. The molecular formula is C8H11F3N2S. The fourth-order valence-electron chi connectivity index (χ4n) is 1.08. The highest BCUT2D eigenvalue weighted by Gasteiger charge is 2.36. The summed E-state index contributed by atoms with van der Waals surface area (Å²) in [5.41, 5.74) is -0.683. The van der Waals surface area contributed by atoms with E-state index in [1.807, 2.05) is 0 Å². The van der Waals surface area contributed by atoms with Crippen LogP contribution in [0.3, 0.4) is 0 Å². The quantitative estimate of drug-likeness (QED) is 0.718. The first-order chi connectivity index (χ1) is 6.36. The molecule has 0 spiro atoms. The fourth-order valence-corrected chi connectivity index (χ4v) is 1.48. The molecule has 0 amide bonds. The van der Waals surface area contributed by atoms with Gasteiger partial charge in [-0.1, -0.05) is 0 Å². The lowest BCUT2D eigenvalue weighted by molar-refractivity contribution is -0.144. The molecular weight excluding hydrogens is 213 g/mol. The lowest BCUT2D eigenvalue weighted by Gasteiger charge is -2.12. The number of nitrogens with zero attached hydrogens (tertiary/aromatic N) is 2. The molecule has 0 aromatic carbocycles. The zero-order chi connectivity index (χ0) is 10.9. The molecule has 0 radical (unpaired) electrons. The molecule has 0 saturated heterocycles. The van der Waals surface area contributed by atoms with E-state index in [0.717, 1.165) is 10.7 Å². The second kappa shape index (κ2) is 3.84. The average Bonchev–Trinajstić information content (AvgIpc) is 2.46. The minimum Gasteiger partial charge on any atom is -0.257 e. The molecule has 1 aromatic heterocycles. The van der Waals surface area contributed by atoms with Crippen LogP contribution in [0.4, 0.5) is 13.2 Å². The molecule has 1 rings (SSSR count). The van der Waals surface area contributed by atoms with Gasteiger partial charge in [-0.2, -0.15) is 18.3 Å². The van der Waals surface area contributed by atoms with Crippen molar-refractivity contribution in [1.29, 1.82) is 0 Å². The van der Waals surface area contributed by atoms with Gasteiger partial charge in [-0.25, -0.2) is 0 Å². The number of thioether (sulfide) groups is 1. The van der Waals surface area contributed by atoms with Crippen molar-refractivity contribution in [3.05, 3.63) is 11.8 Å². The smallest absolute Gasteiger partial charge is 0.257 e. The monoisotopic (exact) mass is 224 g/mol. The van der Waals surface area contributed by atoms with E-state index in [1.54, 1.807) is 20.1 Å². The molecule has 2 nitrogen and oxygen atoms in total. The summed E-state index contributed by atoms with van der Waals surface area (Å²) in [5.74, 6) is 0. The van der Waals surface area contributed by atoms with Crippen LogP contribution in [0.15, 0.2) is 11.1 Å². The van der Waals surface area contributed by atoms with Crippen molar-refractivity contribution in [1.82, 2.24) is 9.78 Å². The molecule has 80 valence electrons. The van der Waals surface area contributed by atoms with E-state index in [9.17, 15) is 13.2 Å². The maximum absolute atomic E-state index is 12.5. The highest BCUT2D eigenvalue weighted by atomic mass is 32.2. The highest BCUT2D eigenvalue weighted by molar-refractivity contribution is 7.98. The normalized spacial score (nSPS) is 12.5. The van der Waals surface area contributed by atoms with Crippen LogP contribution in [0.25, 0.3) is 0 Å². The van der Waals surface area contributed by atoms with Gasteiger partial charge in [0.2, 0.25) is 0 Å². The van der Waals surface area contributed by atoms with Crippen molar-refractivity contribution in [2.75, 3.05) is 6.26 Å². The lowest BCUT2D eigenvalue weighted by Crippen LogP contribution is -2.16. The highest BCUT2D eigenvalue weighted by Crippen LogP contribution is 2.33. The van der Waals surface area contributed by atoms with Crippen LogP contribution in [-0.2, 0) is 6.18 Å². The molecule has 1 heterocycles. The molecule has 0 bridgehead atoms. The zero-order valence-electron chi connectivity index (χ0n) is 8.09. The van der Waals surface area contributed by atoms with Gasteiger partial charge in [-0.05, 0) is 20.1 Å². The molecule has 6 heteroatoms. The summed E-state index contributed by atoms with van der Waals surface area (Å²) in [6.07, 6.45) is -2.63. The standard InChI is InChI=1S/C8H11F3N2S/c1-5(2)13-6(8(9,10)11)4-7(12-13)14-3/h4-5H,1-3H3. The molecule has 0 saturated carbocycles. The van der Waals surface area contributed by atoms with Crippen LogP contribution in [0.1, 0.15) is 25.6 Å². The molecule has 0 aliphatic heterocycles. The number of hydrogen-bond acceptors (Lipinski definition) is 2. The van der Waals surface area contributed by atoms with Crippen molar-refractivity contribution >= 4 is 11.8 Å². The Bertz CT molecular complexity index is 317. The van der Waals surface area contributed by atoms with Crippen LogP contribution in [0.2, 0.25) is 0 Å². The second-order valence-corrected chi connectivity index (χ2v) is 3.93. The number of hydrogen-bond donors (Lipinski definition) is 0. The van der Waals surface area contributed by atoms with Crippen LogP contribution >= 0.6 is 11.8 Å². The maximum Gasteiger partial charge on any atom is 0.433 e. The Kier molecular flexibility index (Phi) is 3.14. The van der Waals surface area contributed by atoms with E-state index >= 15 is 0 Å². The molecule has 0 atom stereocenters. The molecule has 0 N–H and O–H groups in total. The van der Waals surface area contributed by atoms with Crippen molar-refractivity contribution < 1.29 is 13.2 Å². The number of rotatable bonds is 2. The summed E-state index contributed by atoms with van der Waals surface area (Å²) in [7, 11) is 0. The van der Waals surface area contributed by atoms with Crippen LogP contribution < -0.4 is 0 Å². The molecule has 0 aliphatic rings. The van der Waals surface area contributed by atoms with E-state index in [1.165, 1.54) is 11.8 Å². The Hall–Kier alpha value is -0.650. The Balaban J connectivity index is 3.19. The fraction of sp³-hybridized carbons (Fsp3) is 0.625. The number of alkyl halides is 3. The number of aromatic nitrogens is 2. The molecule has 0 aliphatic carbocycles. The first-order valence-corrected chi connectivity index (χ1v) is 5.29. The summed E-state index contributed by atoms with van der Waals surface area (Å²) in [6, 6.07) is 0.789. The van der Waals surface area contributed by atoms with Gasteiger partial charge in [0.25, 0.3) is 0 Å². The Labute approximate surface area is 84.5 Å². The van der Waals surface area contributed by atoms with Crippen LogP contribution in [0.5, 0.6) is 0 Å². The van der Waals surface area contributed by atoms with Crippen LogP contribution in [-0.4, -0.2) is 16.0 Å². The van der Waals surface area contributed by atoms with Gasteiger partial charge in [-0.3, -0.25) is 4.68 Å². The largest absolute Gasteiger partial charge is 0.433 e. The van der Waals surface area contributed by atoms with E-state index in [2.05, 4.69) is 5.10 Å². The average molecular weight is 224 g/mol.